The van der Waals surface area contributed by atoms with Crippen LogP contribution in [0.15, 0.2) is 30.3 Å². The summed E-state index contributed by atoms with van der Waals surface area (Å²) in [6.45, 7) is 9.02. The number of aryl methyl sites for hydroxylation is 4. The smallest absolute Gasteiger partial charge is 0.223 e. The van der Waals surface area contributed by atoms with E-state index in [1.165, 1.54) is 11.1 Å². The summed E-state index contributed by atoms with van der Waals surface area (Å²) >= 11 is 0. The highest BCUT2D eigenvalue weighted by molar-refractivity contribution is 5.77. The molecule has 0 bridgehead atoms. The first-order valence-electron chi connectivity index (χ1n) is 10.1. The van der Waals surface area contributed by atoms with Crippen LogP contribution in [-0.4, -0.2) is 31.9 Å². The first-order chi connectivity index (χ1) is 13.4. The lowest BCUT2D eigenvalue weighted by Gasteiger charge is -2.25. The standard InChI is InChI=1S/C23H28N4O/c1-15-7-9-19(10-8-15)21-6-5-13-26(21)23(28)12-11-20-17(3)24-22-14-16(2)25-27(22)18(20)4/h7-10,14,21H,5-6,11-13H2,1-4H3. The van der Waals surface area contributed by atoms with Crippen LogP contribution in [0.25, 0.3) is 5.65 Å². The van der Waals surface area contributed by atoms with Gasteiger partial charge in [0.1, 0.15) is 0 Å². The number of likely N-dealkylation sites (tertiary alicyclic amines) is 1. The maximum atomic E-state index is 13.0. The van der Waals surface area contributed by atoms with Crippen LogP contribution in [0.2, 0.25) is 0 Å². The van der Waals surface area contributed by atoms with E-state index in [9.17, 15) is 4.79 Å². The van der Waals surface area contributed by atoms with Crippen LogP contribution in [0.4, 0.5) is 0 Å². The Hall–Kier alpha value is -2.69. The third kappa shape index (κ3) is 3.41. The third-order valence-corrected chi connectivity index (χ3v) is 5.91. The Morgan fingerprint density at radius 1 is 1.14 bits per heavy atom. The van der Waals surface area contributed by atoms with E-state index < -0.39 is 0 Å². The molecule has 1 amide bonds. The molecule has 0 spiro atoms. The fourth-order valence-corrected chi connectivity index (χ4v) is 4.38. The average Bonchev–Trinajstić information content (AvgIpc) is 3.28. The van der Waals surface area contributed by atoms with Gasteiger partial charge in [-0.3, -0.25) is 4.79 Å². The predicted molar refractivity (Wildman–Crippen MR) is 110 cm³/mol. The second-order valence-electron chi connectivity index (χ2n) is 7.97. The molecule has 5 nitrogen and oxygen atoms in total. The fraction of sp³-hybridized carbons (Fsp3) is 0.435. The molecule has 5 heteroatoms. The van der Waals surface area contributed by atoms with E-state index in [0.29, 0.717) is 12.8 Å². The van der Waals surface area contributed by atoms with E-state index >= 15 is 0 Å². The predicted octanol–water partition coefficient (Wildman–Crippen LogP) is 4.26. The number of benzene rings is 1. The van der Waals surface area contributed by atoms with Gasteiger partial charge < -0.3 is 4.90 Å². The van der Waals surface area contributed by atoms with Crippen molar-refractivity contribution in [3.63, 3.8) is 0 Å². The topological polar surface area (TPSA) is 50.5 Å². The highest BCUT2D eigenvalue weighted by Gasteiger charge is 2.29. The molecule has 0 saturated carbocycles. The van der Waals surface area contributed by atoms with Gasteiger partial charge in [0.15, 0.2) is 5.65 Å². The Bertz CT molecular complexity index is 1020. The minimum absolute atomic E-state index is 0.213. The molecule has 1 fully saturated rings. The van der Waals surface area contributed by atoms with E-state index in [1.807, 2.05) is 24.4 Å². The van der Waals surface area contributed by atoms with Crippen molar-refractivity contribution in [1.29, 1.82) is 0 Å². The SMILES string of the molecule is Cc1ccc(C2CCCN2C(=O)CCc2c(C)nc3cc(C)nn3c2C)cc1. The summed E-state index contributed by atoms with van der Waals surface area (Å²) in [6, 6.07) is 10.8. The molecule has 4 rings (SSSR count). The van der Waals surface area contributed by atoms with Crippen molar-refractivity contribution in [1.82, 2.24) is 19.5 Å². The highest BCUT2D eigenvalue weighted by atomic mass is 16.2. The minimum Gasteiger partial charge on any atom is -0.336 e. The first-order valence-corrected chi connectivity index (χ1v) is 10.1. The third-order valence-electron chi connectivity index (χ3n) is 5.91. The van der Waals surface area contributed by atoms with Crippen molar-refractivity contribution in [2.75, 3.05) is 6.54 Å². The van der Waals surface area contributed by atoms with Crippen LogP contribution in [-0.2, 0) is 11.2 Å². The van der Waals surface area contributed by atoms with Crippen molar-refractivity contribution in [2.24, 2.45) is 0 Å². The molecule has 28 heavy (non-hydrogen) atoms. The summed E-state index contributed by atoms with van der Waals surface area (Å²) in [6.07, 6.45) is 3.34. The number of hydrogen-bond acceptors (Lipinski definition) is 3. The summed E-state index contributed by atoms with van der Waals surface area (Å²) < 4.78 is 1.90. The molecule has 1 unspecified atom stereocenters. The number of carbonyl (C=O) groups is 1. The van der Waals surface area contributed by atoms with Crippen LogP contribution in [0.5, 0.6) is 0 Å². The average molecular weight is 377 g/mol. The van der Waals surface area contributed by atoms with Gasteiger partial charge in [0.05, 0.1) is 11.7 Å². The Balaban J connectivity index is 1.51. The molecule has 1 aromatic carbocycles. The second-order valence-corrected chi connectivity index (χ2v) is 7.97. The molecular formula is C23H28N4O. The van der Waals surface area contributed by atoms with Crippen LogP contribution in [0.3, 0.4) is 0 Å². The largest absolute Gasteiger partial charge is 0.336 e. The number of nitrogens with zero attached hydrogens (tertiary/aromatic N) is 4. The van der Waals surface area contributed by atoms with Gasteiger partial charge in [-0.2, -0.15) is 5.10 Å². The molecule has 146 valence electrons. The van der Waals surface area contributed by atoms with Crippen LogP contribution in [0, 0.1) is 27.7 Å². The molecule has 2 aromatic heterocycles. The van der Waals surface area contributed by atoms with E-state index in [0.717, 1.165) is 47.7 Å². The molecule has 1 saturated heterocycles. The highest BCUT2D eigenvalue weighted by Crippen LogP contribution is 2.32. The summed E-state index contributed by atoms with van der Waals surface area (Å²) in [5, 5.41) is 4.54. The number of fused-ring (bicyclic) bond motifs is 1. The summed E-state index contributed by atoms with van der Waals surface area (Å²) in [5.74, 6) is 0.235. The van der Waals surface area contributed by atoms with Crippen LogP contribution in [0.1, 0.15) is 59.1 Å². The molecule has 0 N–H and O–H groups in total. The number of amides is 1. The first kappa shape index (κ1) is 18.7. The minimum atomic E-state index is 0.213. The Morgan fingerprint density at radius 3 is 2.64 bits per heavy atom. The Labute approximate surface area is 166 Å². The van der Waals surface area contributed by atoms with Gasteiger partial charge in [0.2, 0.25) is 5.91 Å². The maximum Gasteiger partial charge on any atom is 0.223 e. The van der Waals surface area contributed by atoms with Gasteiger partial charge in [0.25, 0.3) is 0 Å². The lowest BCUT2D eigenvalue weighted by Crippen LogP contribution is -2.30. The second kappa shape index (κ2) is 7.38. The lowest BCUT2D eigenvalue weighted by molar-refractivity contribution is -0.132. The van der Waals surface area contributed by atoms with Gasteiger partial charge in [-0.25, -0.2) is 9.50 Å². The number of hydrogen-bond donors (Lipinski definition) is 0. The van der Waals surface area contributed by atoms with Crippen molar-refractivity contribution in [2.45, 2.75) is 59.4 Å². The lowest BCUT2D eigenvalue weighted by atomic mass is 10.0. The maximum absolute atomic E-state index is 13.0. The van der Waals surface area contributed by atoms with Crippen molar-refractivity contribution in [3.05, 3.63) is 64.1 Å². The molecule has 0 radical (unpaired) electrons. The normalized spacial score (nSPS) is 16.9. The van der Waals surface area contributed by atoms with Gasteiger partial charge in [0, 0.05) is 30.4 Å². The molecule has 1 atom stereocenters. The molecule has 0 aliphatic carbocycles. The molecule has 3 aromatic rings. The number of rotatable bonds is 4. The van der Waals surface area contributed by atoms with Gasteiger partial charge >= 0.3 is 0 Å². The van der Waals surface area contributed by atoms with Crippen molar-refractivity contribution < 1.29 is 4.79 Å². The van der Waals surface area contributed by atoms with Gasteiger partial charge in [-0.15, -0.1) is 0 Å². The molecule has 3 heterocycles. The van der Waals surface area contributed by atoms with Crippen molar-refractivity contribution >= 4 is 11.6 Å². The van der Waals surface area contributed by atoms with Gasteiger partial charge in [-0.1, -0.05) is 29.8 Å². The summed E-state index contributed by atoms with van der Waals surface area (Å²) in [7, 11) is 0. The molecular weight excluding hydrogens is 348 g/mol. The Morgan fingerprint density at radius 2 is 1.89 bits per heavy atom. The Kier molecular flexibility index (Phi) is 4.92. The fourth-order valence-electron chi connectivity index (χ4n) is 4.38. The summed E-state index contributed by atoms with van der Waals surface area (Å²) in [5.41, 5.74) is 7.55. The number of carbonyl (C=O) groups excluding carboxylic acids is 1. The van der Waals surface area contributed by atoms with E-state index in [4.69, 9.17) is 0 Å². The quantitative estimate of drug-likeness (QED) is 0.684. The number of aromatic nitrogens is 3. The van der Waals surface area contributed by atoms with Gasteiger partial charge in [-0.05, 0) is 58.1 Å². The van der Waals surface area contributed by atoms with Crippen LogP contribution < -0.4 is 0 Å². The molecule has 1 aliphatic rings. The van der Waals surface area contributed by atoms with Crippen LogP contribution >= 0.6 is 0 Å². The summed E-state index contributed by atoms with van der Waals surface area (Å²) in [4.78, 5) is 19.8. The van der Waals surface area contributed by atoms with E-state index in [-0.39, 0.29) is 11.9 Å². The van der Waals surface area contributed by atoms with E-state index in [1.54, 1.807) is 0 Å². The zero-order valence-electron chi connectivity index (χ0n) is 17.2. The van der Waals surface area contributed by atoms with Crippen molar-refractivity contribution in [3.8, 4) is 0 Å². The zero-order chi connectivity index (χ0) is 19.8. The zero-order valence-corrected chi connectivity index (χ0v) is 17.2. The monoisotopic (exact) mass is 376 g/mol. The molecule has 1 aliphatic heterocycles. The van der Waals surface area contributed by atoms with E-state index in [2.05, 4.69) is 53.1 Å².